The summed E-state index contributed by atoms with van der Waals surface area (Å²) in [7, 11) is 0. The third kappa shape index (κ3) is 1.90. The van der Waals surface area contributed by atoms with Crippen molar-refractivity contribution in [3.05, 3.63) is 82.9 Å². The average Bonchev–Trinajstić information content (AvgIpc) is 3.29. The Morgan fingerprint density at radius 2 is 1.68 bits per heavy atom. The summed E-state index contributed by atoms with van der Waals surface area (Å²) in [6, 6.07) is 18.2. The Morgan fingerprint density at radius 3 is 2.41 bits per heavy atom. The summed E-state index contributed by atoms with van der Waals surface area (Å²) >= 11 is 0. The van der Waals surface area contributed by atoms with Crippen molar-refractivity contribution >= 4 is 11.6 Å². The summed E-state index contributed by atoms with van der Waals surface area (Å²) in [5.74, 6) is 2.41. The van der Waals surface area contributed by atoms with Crippen LogP contribution in [0.15, 0.2) is 60.7 Å². The van der Waals surface area contributed by atoms with Crippen molar-refractivity contribution in [2.75, 3.05) is 0 Å². The molecule has 0 heteroatoms. The van der Waals surface area contributed by atoms with Crippen molar-refractivity contribution in [3.63, 3.8) is 0 Å². The number of rotatable bonds is 2. The van der Waals surface area contributed by atoms with Crippen molar-refractivity contribution in [2.24, 2.45) is 11.8 Å². The predicted octanol–water partition coefficient (Wildman–Crippen LogP) is 5.46. The Morgan fingerprint density at radius 1 is 0.818 bits per heavy atom. The van der Waals surface area contributed by atoms with E-state index in [2.05, 4.69) is 66.8 Å². The fourth-order valence-corrected chi connectivity index (χ4v) is 4.57. The number of allylic oxidation sites excluding steroid dienone is 3. The van der Waals surface area contributed by atoms with Gasteiger partial charge in [0.05, 0.1) is 0 Å². The summed E-state index contributed by atoms with van der Waals surface area (Å²) in [6.07, 6.45) is 11.0. The molecule has 22 heavy (non-hydrogen) atoms. The van der Waals surface area contributed by atoms with Crippen molar-refractivity contribution < 1.29 is 0 Å². The van der Waals surface area contributed by atoms with E-state index in [4.69, 9.17) is 0 Å². The molecular weight excluding hydrogens is 264 g/mol. The van der Waals surface area contributed by atoms with Crippen LogP contribution in [-0.2, 0) is 6.42 Å². The normalized spacial score (nSPS) is 28.0. The molecule has 2 aromatic carbocycles. The second-order valence-corrected chi connectivity index (χ2v) is 7.05. The van der Waals surface area contributed by atoms with Crippen LogP contribution in [-0.4, -0.2) is 0 Å². The maximum Gasteiger partial charge on any atom is -0.00137 e. The fraction of sp³-hybridized carbons (Fsp3) is 0.273. The molecule has 1 fully saturated rings. The van der Waals surface area contributed by atoms with Gasteiger partial charge < -0.3 is 0 Å². The van der Waals surface area contributed by atoms with E-state index in [0.29, 0.717) is 0 Å². The molecule has 5 rings (SSSR count). The number of hydrogen-bond acceptors (Lipinski definition) is 0. The van der Waals surface area contributed by atoms with E-state index < -0.39 is 0 Å². The molecule has 3 atom stereocenters. The molecule has 0 aromatic heterocycles. The van der Waals surface area contributed by atoms with Crippen LogP contribution in [0.3, 0.4) is 0 Å². The smallest absolute Gasteiger partial charge is 0.00137 e. The van der Waals surface area contributed by atoms with E-state index in [0.717, 1.165) is 24.2 Å². The van der Waals surface area contributed by atoms with Crippen LogP contribution in [0.2, 0.25) is 0 Å². The van der Waals surface area contributed by atoms with E-state index in [9.17, 15) is 0 Å². The highest BCUT2D eigenvalue weighted by atomic mass is 14.4. The van der Waals surface area contributed by atoms with E-state index in [-0.39, 0.29) is 0 Å². The molecular formula is C22H20. The van der Waals surface area contributed by atoms with Crippen LogP contribution in [0.5, 0.6) is 0 Å². The zero-order chi connectivity index (χ0) is 14.5. The van der Waals surface area contributed by atoms with Crippen molar-refractivity contribution in [3.8, 4) is 0 Å². The Labute approximate surface area is 132 Å². The van der Waals surface area contributed by atoms with Crippen LogP contribution in [0.25, 0.3) is 11.6 Å². The molecule has 0 saturated heterocycles. The van der Waals surface area contributed by atoms with Crippen LogP contribution in [0.4, 0.5) is 0 Å². The van der Waals surface area contributed by atoms with Gasteiger partial charge in [0, 0.05) is 0 Å². The Kier molecular flexibility index (Phi) is 2.67. The van der Waals surface area contributed by atoms with Gasteiger partial charge in [0.25, 0.3) is 0 Å². The molecule has 0 radical (unpaired) electrons. The SMILES string of the molecule is C1=CC2CC1CC2c1ccc(C2=Cc3ccccc3C2)cc1. The van der Waals surface area contributed by atoms with E-state index in [1.807, 2.05) is 0 Å². The monoisotopic (exact) mass is 284 g/mol. The first-order valence-electron chi connectivity index (χ1n) is 8.44. The lowest BCUT2D eigenvalue weighted by molar-refractivity contribution is 0.585. The highest BCUT2D eigenvalue weighted by Gasteiger charge is 2.36. The number of fused-ring (bicyclic) bond motifs is 3. The standard InChI is InChI=1S/C22H20/c1-2-4-19-14-21(13-18(19)3-1)16-7-9-17(10-8-16)22-12-15-5-6-20(22)11-15/h1-10,13,15,20,22H,11-12,14H2. The maximum absolute atomic E-state index is 2.45. The van der Waals surface area contributed by atoms with Gasteiger partial charge in [-0.1, -0.05) is 66.8 Å². The summed E-state index contributed by atoms with van der Waals surface area (Å²) in [6.45, 7) is 0. The Hall–Kier alpha value is -2.08. The van der Waals surface area contributed by atoms with E-state index >= 15 is 0 Å². The molecule has 0 N–H and O–H groups in total. The largest absolute Gasteiger partial charge is 0.0851 e. The Balaban J connectivity index is 1.41. The van der Waals surface area contributed by atoms with E-state index in [1.165, 1.54) is 40.7 Å². The van der Waals surface area contributed by atoms with Gasteiger partial charge in [-0.25, -0.2) is 0 Å². The quantitative estimate of drug-likeness (QED) is 0.642. The second-order valence-electron chi connectivity index (χ2n) is 7.05. The van der Waals surface area contributed by atoms with Crippen LogP contribution < -0.4 is 0 Å². The van der Waals surface area contributed by atoms with Crippen molar-refractivity contribution in [1.82, 2.24) is 0 Å². The molecule has 2 bridgehead atoms. The molecule has 1 saturated carbocycles. The van der Waals surface area contributed by atoms with Gasteiger partial charge >= 0.3 is 0 Å². The van der Waals surface area contributed by atoms with Crippen LogP contribution in [0.1, 0.15) is 41.0 Å². The third-order valence-corrected chi connectivity index (χ3v) is 5.75. The van der Waals surface area contributed by atoms with Gasteiger partial charge in [0.1, 0.15) is 0 Å². The molecule has 2 aromatic rings. The summed E-state index contributed by atoms with van der Waals surface area (Å²) in [5, 5.41) is 0. The number of benzene rings is 2. The molecule has 0 nitrogen and oxygen atoms in total. The first kappa shape index (κ1) is 12.5. The average molecular weight is 284 g/mol. The molecule has 108 valence electrons. The molecule has 0 amide bonds. The first-order valence-corrected chi connectivity index (χ1v) is 8.44. The van der Waals surface area contributed by atoms with Gasteiger partial charge in [-0.2, -0.15) is 0 Å². The van der Waals surface area contributed by atoms with Crippen LogP contribution in [0, 0.1) is 11.8 Å². The second kappa shape index (κ2) is 4.71. The summed E-state index contributed by atoms with van der Waals surface area (Å²) in [5.41, 5.74) is 7.23. The van der Waals surface area contributed by atoms with E-state index in [1.54, 1.807) is 0 Å². The highest BCUT2D eigenvalue weighted by Crippen LogP contribution is 2.48. The lowest BCUT2D eigenvalue weighted by atomic mass is 9.86. The molecule has 0 spiro atoms. The fourth-order valence-electron chi connectivity index (χ4n) is 4.57. The topological polar surface area (TPSA) is 0 Å². The number of hydrogen-bond donors (Lipinski definition) is 0. The lowest BCUT2D eigenvalue weighted by Crippen LogP contribution is -2.04. The zero-order valence-corrected chi connectivity index (χ0v) is 12.7. The maximum atomic E-state index is 2.45. The van der Waals surface area contributed by atoms with Gasteiger partial charge in [-0.15, -0.1) is 0 Å². The molecule has 3 unspecified atom stereocenters. The predicted molar refractivity (Wildman–Crippen MR) is 92.6 cm³/mol. The minimum absolute atomic E-state index is 0.763. The molecule has 3 aliphatic rings. The highest BCUT2D eigenvalue weighted by molar-refractivity contribution is 5.88. The van der Waals surface area contributed by atoms with Gasteiger partial charge in [-0.05, 0) is 64.8 Å². The first-order chi connectivity index (χ1) is 10.9. The van der Waals surface area contributed by atoms with Crippen molar-refractivity contribution in [2.45, 2.75) is 25.2 Å². The third-order valence-electron chi connectivity index (χ3n) is 5.75. The van der Waals surface area contributed by atoms with Crippen molar-refractivity contribution in [1.29, 1.82) is 0 Å². The van der Waals surface area contributed by atoms with Gasteiger partial charge in [0.2, 0.25) is 0 Å². The minimum atomic E-state index is 0.763. The summed E-state index contributed by atoms with van der Waals surface area (Å²) in [4.78, 5) is 0. The zero-order valence-electron chi connectivity index (χ0n) is 12.7. The molecule has 3 aliphatic carbocycles. The van der Waals surface area contributed by atoms with Gasteiger partial charge in [0.15, 0.2) is 0 Å². The Bertz CT molecular complexity index is 776. The molecule has 0 heterocycles. The minimum Gasteiger partial charge on any atom is -0.0851 e. The lowest BCUT2D eigenvalue weighted by Gasteiger charge is -2.18. The molecule has 0 aliphatic heterocycles. The van der Waals surface area contributed by atoms with Crippen LogP contribution >= 0.6 is 0 Å². The van der Waals surface area contributed by atoms with Gasteiger partial charge in [-0.3, -0.25) is 0 Å². The summed E-state index contributed by atoms with van der Waals surface area (Å²) < 4.78 is 0.